The van der Waals surface area contributed by atoms with E-state index in [4.69, 9.17) is 0 Å². The molecule has 314 valence electrons. The van der Waals surface area contributed by atoms with Gasteiger partial charge in [0.1, 0.15) is 0 Å². The molecule has 2 nitrogen and oxygen atoms in total. The largest absolute Gasteiger partial charge is 0.310 e. The second-order valence-electron chi connectivity index (χ2n) is 17.7. The van der Waals surface area contributed by atoms with Crippen molar-refractivity contribution in [3.63, 3.8) is 0 Å². The van der Waals surface area contributed by atoms with Crippen LogP contribution in [0.5, 0.6) is 0 Å². The summed E-state index contributed by atoms with van der Waals surface area (Å²) in [6, 6.07) is 40.7. The van der Waals surface area contributed by atoms with Crippen molar-refractivity contribution in [3.8, 4) is 0 Å². The van der Waals surface area contributed by atoms with Crippen LogP contribution in [0.3, 0.4) is 0 Å². The molecule has 0 saturated heterocycles. The van der Waals surface area contributed by atoms with Gasteiger partial charge < -0.3 is 9.80 Å². The van der Waals surface area contributed by atoms with E-state index < -0.39 is 0 Å². The van der Waals surface area contributed by atoms with Gasteiger partial charge in [-0.15, -0.1) is 0 Å². The minimum atomic E-state index is 1.17. The Hall–Kier alpha value is -6.38. The van der Waals surface area contributed by atoms with Gasteiger partial charge in [-0.05, 0) is 246 Å². The van der Waals surface area contributed by atoms with Crippen molar-refractivity contribution >= 4 is 58.4 Å². The standard InChI is InChI=1S/C60H64N2/c1-37-15-31-57(47(11)43(37)7)61(58-32-16-38(2)44(8)48(58)12)55-29-27-53(41(5)35-55)25-23-51-19-21-52(22-20-51)24-26-54-28-30-56(36-42(54)6)62(59-33-17-39(3)45(9)49(59)13)60-34-18-40(4)46(10)50(60)14/h15-36H,1-14H3. The molecule has 0 N–H and O–H groups in total. The van der Waals surface area contributed by atoms with E-state index in [1.807, 2.05) is 0 Å². The molecule has 7 aromatic rings. The summed E-state index contributed by atoms with van der Waals surface area (Å²) in [5, 5.41) is 0. The molecule has 0 fully saturated rings. The molecule has 0 spiro atoms. The normalized spacial score (nSPS) is 11.6. The summed E-state index contributed by atoms with van der Waals surface area (Å²) in [4.78, 5) is 4.89. The summed E-state index contributed by atoms with van der Waals surface area (Å²) in [6.45, 7) is 31.2. The number of anilines is 6. The lowest BCUT2D eigenvalue weighted by Crippen LogP contribution is -2.14. The lowest BCUT2D eigenvalue weighted by molar-refractivity contribution is 1.16. The van der Waals surface area contributed by atoms with Crippen molar-refractivity contribution in [3.05, 3.63) is 209 Å². The third-order valence-corrected chi connectivity index (χ3v) is 14.0. The number of aryl methyl sites for hydroxylation is 6. The molecule has 7 aromatic carbocycles. The second kappa shape index (κ2) is 17.9. The minimum absolute atomic E-state index is 1.17. The molecule has 0 unspecified atom stereocenters. The Morgan fingerprint density at radius 2 is 0.532 bits per heavy atom. The Morgan fingerprint density at radius 1 is 0.258 bits per heavy atom. The fourth-order valence-electron chi connectivity index (χ4n) is 8.61. The Bertz CT molecular complexity index is 2570. The van der Waals surface area contributed by atoms with Crippen LogP contribution in [0.15, 0.2) is 109 Å². The molecule has 0 aromatic heterocycles. The molecule has 0 atom stereocenters. The number of rotatable bonds is 10. The van der Waals surface area contributed by atoms with Crippen LogP contribution >= 0.6 is 0 Å². The van der Waals surface area contributed by atoms with E-state index in [-0.39, 0.29) is 0 Å². The predicted octanol–water partition coefficient (Wildman–Crippen LogP) is 17.3. The fourth-order valence-corrected chi connectivity index (χ4v) is 8.61. The highest BCUT2D eigenvalue weighted by molar-refractivity contribution is 5.85. The van der Waals surface area contributed by atoms with Crippen LogP contribution in [-0.4, -0.2) is 0 Å². The highest BCUT2D eigenvalue weighted by atomic mass is 15.2. The van der Waals surface area contributed by atoms with Crippen LogP contribution in [0.2, 0.25) is 0 Å². The second-order valence-corrected chi connectivity index (χ2v) is 17.7. The first-order chi connectivity index (χ1) is 29.5. The van der Waals surface area contributed by atoms with Crippen molar-refractivity contribution in [1.29, 1.82) is 0 Å². The van der Waals surface area contributed by atoms with Gasteiger partial charge in [0, 0.05) is 34.1 Å². The average molecular weight is 813 g/mol. The van der Waals surface area contributed by atoms with Gasteiger partial charge in [0.2, 0.25) is 0 Å². The zero-order chi connectivity index (χ0) is 44.6. The maximum atomic E-state index is 2.45. The molecule has 0 aliphatic heterocycles. The molecule has 0 amide bonds. The van der Waals surface area contributed by atoms with Crippen molar-refractivity contribution in [1.82, 2.24) is 0 Å². The number of hydrogen-bond donors (Lipinski definition) is 0. The van der Waals surface area contributed by atoms with Crippen molar-refractivity contribution in [2.75, 3.05) is 9.80 Å². The molecule has 62 heavy (non-hydrogen) atoms. The molecular weight excluding hydrogens is 749 g/mol. The molecule has 0 saturated carbocycles. The maximum Gasteiger partial charge on any atom is 0.0493 e. The van der Waals surface area contributed by atoms with Crippen LogP contribution in [-0.2, 0) is 0 Å². The van der Waals surface area contributed by atoms with Gasteiger partial charge in [0.05, 0.1) is 0 Å². The molecule has 0 radical (unpaired) electrons. The summed E-state index contributed by atoms with van der Waals surface area (Å²) < 4.78 is 0. The minimum Gasteiger partial charge on any atom is -0.310 e. The van der Waals surface area contributed by atoms with E-state index in [0.29, 0.717) is 0 Å². The first-order valence-corrected chi connectivity index (χ1v) is 22.1. The molecule has 0 aliphatic carbocycles. The number of hydrogen-bond acceptors (Lipinski definition) is 2. The van der Waals surface area contributed by atoms with Gasteiger partial charge in [-0.2, -0.15) is 0 Å². The van der Waals surface area contributed by atoms with E-state index in [0.717, 1.165) is 0 Å². The van der Waals surface area contributed by atoms with Crippen molar-refractivity contribution < 1.29 is 0 Å². The average Bonchev–Trinajstić information content (AvgIpc) is 3.26. The Balaban J connectivity index is 1.12. The van der Waals surface area contributed by atoms with Gasteiger partial charge in [-0.1, -0.05) is 85.0 Å². The molecule has 0 aliphatic rings. The SMILES string of the molecule is Cc1cc(N(c2ccc(C)c(C)c2C)c2ccc(C)c(C)c2C)ccc1C=Cc1ccc(C=Cc2ccc(N(c3ccc(C)c(C)c3C)c3ccc(C)c(C)c3C)cc2C)cc1. The van der Waals surface area contributed by atoms with E-state index in [1.165, 1.54) is 134 Å². The summed E-state index contributed by atoms with van der Waals surface area (Å²) >= 11 is 0. The van der Waals surface area contributed by atoms with Crippen molar-refractivity contribution in [2.45, 2.75) is 96.9 Å². The summed E-state index contributed by atoms with van der Waals surface area (Å²) in [5.74, 6) is 0. The zero-order valence-corrected chi connectivity index (χ0v) is 39.6. The smallest absolute Gasteiger partial charge is 0.0493 e. The predicted molar refractivity (Wildman–Crippen MR) is 273 cm³/mol. The van der Waals surface area contributed by atoms with Gasteiger partial charge in [0.15, 0.2) is 0 Å². The van der Waals surface area contributed by atoms with E-state index in [9.17, 15) is 0 Å². The number of nitrogens with zero attached hydrogens (tertiary/aromatic N) is 2. The molecule has 0 bridgehead atoms. The van der Waals surface area contributed by atoms with Gasteiger partial charge in [0.25, 0.3) is 0 Å². The van der Waals surface area contributed by atoms with E-state index in [2.05, 4.69) is 240 Å². The van der Waals surface area contributed by atoms with Crippen LogP contribution in [0.1, 0.15) is 100 Å². The number of benzene rings is 7. The molecule has 0 heterocycles. The summed E-state index contributed by atoms with van der Waals surface area (Å²) in [5.41, 5.74) is 30.4. The van der Waals surface area contributed by atoms with Crippen molar-refractivity contribution in [2.24, 2.45) is 0 Å². The Labute approximate surface area is 372 Å². The monoisotopic (exact) mass is 813 g/mol. The maximum absolute atomic E-state index is 2.45. The van der Waals surface area contributed by atoms with E-state index >= 15 is 0 Å². The van der Waals surface area contributed by atoms with Gasteiger partial charge in [-0.25, -0.2) is 0 Å². The van der Waals surface area contributed by atoms with Crippen LogP contribution in [0, 0.1) is 96.9 Å². The Kier molecular flexibility index (Phi) is 12.6. The third kappa shape index (κ3) is 8.57. The zero-order valence-electron chi connectivity index (χ0n) is 39.6. The van der Waals surface area contributed by atoms with Gasteiger partial charge >= 0.3 is 0 Å². The lowest BCUT2D eigenvalue weighted by Gasteiger charge is -2.31. The summed E-state index contributed by atoms with van der Waals surface area (Å²) in [7, 11) is 0. The highest BCUT2D eigenvalue weighted by Crippen LogP contribution is 2.43. The lowest BCUT2D eigenvalue weighted by atomic mass is 9.97. The van der Waals surface area contributed by atoms with E-state index in [1.54, 1.807) is 0 Å². The molecular formula is C60H64N2. The highest BCUT2D eigenvalue weighted by Gasteiger charge is 2.21. The third-order valence-electron chi connectivity index (χ3n) is 14.0. The van der Waals surface area contributed by atoms with Crippen LogP contribution < -0.4 is 9.80 Å². The first-order valence-electron chi connectivity index (χ1n) is 22.1. The summed E-state index contributed by atoms with van der Waals surface area (Å²) in [6.07, 6.45) is 8.92. The molecule has 2 heteroatoms. The van der Waals surface area contributed by atoms with Crippen LogP contribution in [0.4, 0.5) is 34.1 Å². The fraction of sp³-hybridized carbons (Fsp3) is 0.233. The Morgan fingerprint density at radius 3 is 0.790 bits per heavy atom. The molecule has 7 rings (SSSR count). The topological polar surface area (TPSA) is 6.48 Å². The first kappa shape index (κ1) is 43.7. The quantitative estimate of drug-likeness (QED) is 0.127. The van der Waals surface area contributed by atoms with Crippen LogP contribution in [0.25, 0.3) is 24.3 Å². The van der Waals surface area contributed by atoms with Gasteiger partial charge in [-0.3, -0.25) is 0 Å².